The molecule has 8 aromatic rings. The summed E-state index contributed by atoms with van der Waals surface area (Å²) in [5.74, 6) is 0.921. The van der Waals surface area contributed by atoms with Crippen LogP contribution in [-0.2, 0) is 20.0 Å². The Hall–Kier alpha value is -6.64. The number of hydrogen-bond donors (Lipinski definition) is 4. The van der Waals surface area contributed by atoms with E-state index in [1.807, 2.05) is 97.1 Å². The fourth-order valence-electron chi connectivity index (χ4n) is 6.83. The zero-order valence-corrected chi connectivity index (χ0v) is 33.3. The molecule has 4 N–H and O–H groups in total. The molecule has 0 amide bonds. The third-order valence-electron chi connectivity index (χ3n) is 9.32. The Balaban J connectivity index is 1.01. The van der Waals surface area contributed by atoms with Gasteiger partial charge in [-0.3, -0.25) is 9.44 Å². The van der Waals surface area contributed by atoms with Gasteiger partial charge in [0.05, 0.1) is 81.9 Å². The van der Waals surface area contributed by atoms with Gasteiger partial charge in [-0.15, -0.1) is 0 Å². The lowest BCUT2D eigenvalue weighted by Crippen LogP contribution is -2.11. The average Bonchev–Trinajstić information content (AvgIpc) is 3.19. The van der Waals surface area contributed by atoms with Crippen LogP contribution in [0.25, 0.3) is 43.6 Å². The zero-order valence-electron chi connectivity index (χ0n) is 31.7. The standard InChI is InChI=1S/C44H40N6O6S2/c1-57(51,52)49-29-21-23-39(47-43-31-13-3-7-17-35(31)45-36-18-8-4-14-32(36)43)41(27-29)55-25-11-12-26-56-42-28-30(50-58(2,53)54)22-24-40(42)48-44-33-15-5-9-19-37(33)46-38-20-10-6-16-34(38)44/h3-10,13-24,27-28,49-50H,11-12,25-26H2,1-2H3,(H,45,47)(H,46,48). The second-order valence-electron chi connectivity index (χ2n) is 13.9. The van der Waals surface area contributed by atoms with Crippen LogP contribution in [0.3, 0.4) is 0 Å². The van der Waals surface area contributed by atoms with Crippen molar-refractivity contribution in [2.75, 3.05) is 45.8 Å². The van der Waals surface area contributed by atoms with Gasteiger partial charge in [-0.05, 0) is 61.4 Å². The van der Waals surface area contributed by atoms with Crippen LogP contribution in [0.1, 0.15) is 12.8 Å². The van der Waals surface area contributed by atoms with E-state index in [4.69, 9.17) is 19.4 Å². The van der Waals surface area contributed by atoms with E-state index in [0.29, 0.717) is 60.3 Å². The Kier molecular flexibility index (Phi) is 10.6. The minimum absolute atomic E-state index is 0.300. The maximum atomic E-state index is 12.1. The highest BCUT2D eigenvalue weighted by molar-refractivity contribution is 7.92. The van der Waals surface area contributed by atoms with Gasteiger partial charge in [0.2, 0.25) is 20.0 Å². The van der Waals surface area contributed by atoms with Crippen LogP contribution in [-0.4, -0.2) is 52.5 Å². The fourth-order valence-corrected chi connectivity index (χ4v) is 7.94. The van der Waals surface area contributed by atoms with E-state index in [-0.39, 0.29) is 0 Å². The van der Waals surface area contributed by atoms with Crippen molar-refractivity contribution < 1.29 is 26.3 Å². The number of ether oxygens (including phenoxy) is 2. The van der Waals surface area contributed by atoms with Crippen molar-refractivity contribution in [3.63, 3.8) is 0 Å². The summed E-state index contributed by atoms with van der Waals surface area (Å²) in [5.41, 5.74) is 7.08. The fraction of sp³-hybridized carbons (Fsp3) is 0.136. The number of hydrogen-bond acceptors (Lipinski definition) is 10. The summed E-state index contributed by atoms with van der Waals surface area (Å²) in [6.07, 6.45) is 3.39. The molecule has 0 saturated heterocycles. The number of benzene rings is 6. The van der Waals surface area contributed by atoms with Gasteiger partial charge in [0, 0.05) is 33.7 Å². The van der Waals surface area contributed by atoms with Gasteiger partial charge < -0.3 is 20.1 Å². The molecule has 0 bridgehead atoms. The first-order chi connectivity index (χ1) is 28.0. The quantitative estimate of drug-likeness (QED) is 0.0580. The van der Waals surface area contributed by atoms with E-state index in [1.54, 1.807) is 36.4 Å². The Morgan fingerprint density at radius 1 is 0.466 bits per heavy atom. The van der Waals surface area contributed by atoms with Crippen LogP contribution < -0.4 is 29.6 Å². The van der Waals surface area contributed by atoms with Gasteiger partial charge in [-0.1, -0.05) is 72.8 Å². The first-order valence-corrected chi connectivity index (χ1v) is 22.3. The van der Waals surface area contributed by atoms with E-state index in [0.717, 1.165) is 67.5 Å². The maximum Gasteiger partial charge on any atom is 0.229 e. The lowest BCUT2D eigenvalue weighted by molar-refractivity contribution is 0.268. The Morgan fingerprint density at radius 2 is 0.793 bits per heavy atom. The number of para-hydroxylation sites is 4. The molecule has 12 nitrogen and oxygen atoms in total. The summed E-state index contributed by atoms with van der Waals surface area (Å²) in [4.78, 5) is 9.66. The minimum atomic E-state index is -3.54. The molecule has 58 heavy (non-hydrogen) atoms. The van der Waals surface area contributed by atoms with Gasteiger partial charge in [0.15, 0.2) is 0 Å². The number of pyridine rings is 2. The Bertz CT molecular complexity index is 2740. The van der Waals surface area contributed by atoms with E-state index in [1.165, 1.54) is 0 Å². The lowest BCUT2D eigenvalue weighted by Gasteiger charge is -2.18. The van der Waals surface area contributed by atoms with Crippen LogP contribution in [0.5, 0.6) is 11.5 Å². The van der Waals surface area contributed by atoms with Gasteiger partial charge in [-0.25, -0.2) is 26.8 Å². The molecule has 0 aliphatic carbocycles. The molecular formula is C44H40N6O6S2. The molecular weight excluding hydrogens is 773 g/mol. The van der Waals surface area contributed by atoms with Crippen LogP contribution in [0.4, 0.5) is 34.1 Å². The summed E-state index contributed by atoms with van der Waals surface area (Å²) >= 11 is 0. The van der Waals surface area contributed by atoms with Crippen LogP contribution in [0.2, 0.25) is 0 Å². The molecule has 0 spiro atoms. The predicted molar refractivity (Wildman–Crippen MR) is 235 cm³/mol. The molecule has 0 radical (unpaired) electrons. The molecule has 0 atom stereocenters. The predicted octanol–water partition coefficient (Wildman–Crippen LogP) is 9.56. The van der Waals surface area contributed by atoms with Crippen molar-refractivity contribution >= 4 is 97.8 Å². The largest absolute Gasteiger partial charge is 0.491 e. The minimum Gasteiger partial charge on any atom is -0.491 e. The molecule has 0 aliphatic rings. The first-order valence-electron chi connectivity index (χ1n) is 18.6. The third-order valence-corrected chi connectivity index (χ3v) is 10.5. The number of anilines is 6. The van der Waals surface area contributed by atoms with Crippen molar-refractivity contribution in [2.24, 2.45) is 0 Å². The van der Waals surface area contributed by atoms with Crippen LogP contribution >= 0.6 is 0 Å². The second-order valence-corrected chi connectivity index (χ2v) is 17.4. The van der Waals surface area contributed by atoms with Crippen molar-refractivity contribution in [1.82, 2.24) is 9.97 Å². The second kappa shape index (κ2) is 16.1. The molecule has 8 rings (SSSR count). The molecule has 14 heteroatoms. The number of aromatic nitrogens is 2. The number of nitrogens with one attached hydrogen (secondary N) is 4. The Morgan fingerprint density at radius 3 is 1.12 bits per heavy atom. The summed E-state index contributed by atoms with van der Waals surface area (Å²) in [5, 5.41) is 10.8. The van der Waals surface area contributed by atoms with Gasteiger partial charge in [0.1, 0.15) is 11.5 Å². The monoisotopic (exact) mass is 812 g/mol. The highest BCUT2D eigenvalue weighted by Gasteiger charge is 2.16. The molecule has 2 heterocycles. The highest BCUT2D eigenvalue weighted by Crippen LogP contribution is 2.39. The molecule has 0 fully saturated rings. The summed E-state index contributed by atoms with van der Waals surface area (Å²) < 4.78 is 66.3. The summed E-state index contributed by atoms with van der Waals surface area (Å²) in [7, 11) is -7.08. The number of nitrogens with zero attached hydrogens (tertiary/aromatic N) is 2. The number of unbranched alkanes of at least 4 members (excludes halogenated alkanes) is 1. The molecule has 0 saturated carbocycles. The average molecular weight is 813 g/mol. The van der Waals surface area contributed by atoms with E-state index >= 15 is 0 Å². The van der Waals surface area contributed by atoms with Crippen molar-refractivity contribution in [3.05, 3.63) is 133 Å². The lowest BCUT2D eigenvalue weighted by atomic mass is 10.1. The molecule has 0 unspecified atom stereocenters. The molecule has 0 aliphatic heterocycles. The van der Waals surface area contributed by atoms with Gasteiger partial charge in [0.25, 0.3) is 0 Å². The number of fused-ring (bicyclic) bond motifs is 4. The van der Waals surface area contributed by atoms with Crippen molar-refractivity contribution in [2.45, 2.75) is 12.8 Å². The van der Waals surface area contributed by atoms with E-state index < -0.39 is 20.0 Å². The third kappa shape index (κ3) is 8.83. The number of rotatable bonds is 15. The number of sulfonamides is 2. The van der Waals surface area contributed by atoms with E-state index in [2.05, 4.69) is 20.1 Å². The first kappa shape index (κ1) is 38.2. The summed E-state index contributed by atoms with van der Waals surface area (Å²) in [6.45, 7) is 0.599. The normalized spacial score (nSPS) is 11.8. The van der Waals surface area contributed by atoms with Crippen molar-refractivity contribution in [1.29, 1.82) is 0 Å². The van der Waals surface area contributed by atoms with Crippen molar-refractivity contribution in [3.8, 4) is 11.5 Å². The van der Waals surface area contributed by atoms with Crippen LogP contribution in [0.15, 0.2) is 133 Å². The Labute approximate surface area is 336 Å². The SMILES string of the molecule is CS(=O)(=O)Nc1ccc(Nc2c3ccccc3nc3ccccc23)c(OCCCCOc2cc(NS(C)(=O)=O)ccc2Nc2c3ccccc3nc3ccccc23)c1. The molecule has 6 aromatic carbocycles. The molecule has 2 aromatic heterocycles. The van der Waals surface area contributed by atoms with Gasteiger partial charge >= 0.3 is 0 Å². The highest BCUT2D eigenvalue weighted by atomic mass is 32.2. The van der Waals surface area contributed by atoms with Gasteiger partial charge in [-0.2, -0.15) is 0 Å². The van der Waals surface area contributed by atoms with Crippen LogP contribution in [0, 0.1) is 0 Å². The van der Waals surface area contributed by atoms with E-state index in [9.17, 15) is 16.8 Å². The summed E-state index contributed by atoms with van der Waals surface area (Å²) in [6, 6.07) is 41.8. The molecule has 294 valence electrons. The topological polar surface area (TPSA) is 161 Å². The maximum absolute atomic E-state index is 12.1. The smallest absolute Gasteiger partial charge is 0.229 e. The zero-order chi connectivity index (χ0) is 40.3.